The van der Waals surface area contributed by atoms with E-state index in [4.69, 9.17) is 0 Å². The van der Waals surface area contributed by atoms with Gasteiger partial charge in [0.1, 0.15) is 11.6 Å². The Kier molecular flexibility index (Phi) is 5.96. The Morgan fingerprint density at radius 3 is 2.68 bits per heavy atom. The molecule has 2 N–H and O–H groups in total. The molecule has 1 fully saturated rings. The number of urea groups is 1. The van der Waals surface area contributed by atoms with Gasteiger partial charge in [-0.05, 0) is 36.6 Å². The van der Waals surface area contributed by atoms with Crippen LogP contribution in [0.15, 0.2) is 36.7 Å². The normalized spacial score (nSPS) is 16.9. The number of carbonyl (C=O) groups is 1. The molecule has 0 spiro atoms. The maximum atomic E-state index is 12.2. The first-order chi connectivity index (χ1) is 13.3. The smallest absolute Gasteiger partial charge is 0.406 e. The molecule has 0 saturated carbocycles. The summed E-state index contributed by atoms with van der Waals surface area (Å²) in [7, 11) is 1.86. The summed E-state index contributed by atoms with van der Waals surface area (Å²) in [5.74, 6) is 0.795. The van der Waals surface area contributed by atoms with E-state index < -0.39 is 6.36 Å². The minimum absolute atomic E-state index is 0.238. The number of amides is 2. The Balaban J connectivity index is 1.41. The Morgan fingerprint density at radius 1 is 1.29 bits per heavy atom. The number of aromatic nitrogens is 2. The van der Waals surface area contributed by atoms with E-state index >= 15 is 0 Å². The lowest BCUT2D eigenvalue weighted by molar-refractivity contribution is -0.274. The SMILES string of the molecule is Cn1ccnc1CNC(=O)NC[C@@H]1CCN(c2ccc(OC(F)(F)F)cc2)C1. The van der Waals surface area contributed by atoms with E-state index in [1.54, 1.807) is 18.3 Å². The van der Waals surface area contributed by atoms with Gasteiger partial charge in [-0.15, -0.1) is 13.2 Å². The van der Waals surface area contributed by atoms with Crippen molar-refractivity contribution in [1.82, 2.24) is 20.2 Å². The molecule has 1 aliphatic rings. The van der Waals surface area contributed by atoms with Crippen LogP contribution < -0.4 is 20.3 Å². The van der Waals surface area contributed by atoms with Crippen LogP contribution in [-0.4, -0.2) is 41.6 Å². The highest BCUT2D eigenvalue weighted by molar-refractivity contribution is 5.73. The van der Waals surface area contributed by atoms with Gasteiger partial charge in [0.05, 0.1) is 6.54 Å². The number of aryl methyl sites for hydroxylation is 1. The number of imidazole rings is 1. The topological polar surface area (TPSA) is 71.4 Å². The molecular formula is C18H22F3N5O2. The van der Waals surface area contributed by atoms with E-state index in [-0.39, 0.29) is 17.7 Å². The van der Waals surface area contributed by atoms with Crippen molar-refractivity contribution in [2.75, 3.05) is 24.5 Å². The summed E-state index contributed by atoms with van der Waals surface area (Å²) < 4.78 is 42.4. The average molecular weight is 397 g/mol. The summed E-state index contributed by atoms with van der Waals surface area (Å²) in [6.07, 6.45) is -0.323. The number of halogens is 3. The molecule has 10 heteroatoms. The Hall–Kier alpha value is -2.91. The maximum Gasteiger partial charge on any atom is 0.573 e. The third-order valence-corrected chi connectivity index (χ3v) is 4.60. The zero-order valence-corrected chi connectivity index (χ0v) is 15.4. The Bertz CT molecular complexity index is 791. The summed E-state index contributed by atoms with van der Waals surface area (Å²) in [4.78, 5) is 18.1. The second-order valence-electron chi connectivity index (χ2n) is 6.66. The largest absolute Gasteiger partial charge is 0.573 e. The monoisotopic (exact) mass is 397 g/mol. The van der Waals surface area contributed by atoms with Gasteiger partial charge in [0.2, 0.25) is 0 Å². The number of ether oxygens (including phenoxy) is 1. The molecule has 1 aromatic carbocycles. The molecule has 1 aromatic heterocycles. The lowest BCUT2D eigenvalue weighted by atomic mass is 10.1. The van der Waals surface area contributed by atoms with Gasteiger partial charge in [-0.1, -0.05) is 0 Å². The van der Waals surface area contributed by atoms with E-state index in [1.165, 1.54) is 12.1 Å². The van der Waals surface area contributed by atoms with E-state index in [1.807, 2.05) is 17.8 Å². The van der Waals surface area contributed by atoms with Crippen molar-refractivity contribution < 1.29 is 22.7 Å². The number of nitrogens with one attached hydrogen (secondary N) is 2. The highest BCUT2D eigenvalue weighted by atomic mass is 19.4. The highest BCUT2D eigenvalue weighted by Gasteiger charge is 2.31. The second-order valence-corrected chi connectivity index (χ2v) is 6.66. The number of rotatable bonds is 6. The number of alkyl halides is 3. The van der Waals surface area contributed by atoms with E-state index in [9.17, 15) is 18.0 Å². The molecule has 2 amide bonds. The minimum atomic E-state index is -4.69. The quantitative estimate of drug-likeness (QED) is 0.786. The predicted molar refractivity (Wildman–Crippen MR) is 96.9 cm³/mol. The number of benzene rings is 1. The van der Waals surface area contributed by atoms with Crippen molar-refractivity contribution in [2.45, 2.75) is 19.3 Å². The van der Waals surface area contributed by atoms with Crippen LogP contribution in [0.2, 0.25) is 0 Å². The third kappa shape index (κ3) is 5.54. The van der Waals surface area contributed by atoms with Gasteiger partial charge in [0.25, 0.3) is 0 Å². The fourth-order valence-electron chi connectivity index (χ4n) is 3.12. The first-order valence-corrected chi connectivity index (χ1v) is 8.89. The lowest BCUT2D eigenvalue weighted by Crippen LogP contribution is -2.38. The van der Waals surface area contributed by atoms with Crippen LogP contribution in [-0.2, 0) is 13.6 Å². The molecule has 0 unspecified atom stereocenters. The predicted octanol–water partition coefficient (Wildman–Crippen LogP) is 2.64. The molecule has 0 aliphatic carbocycles. The molecule has 1 atom stereocenters. The van der Waals surface area contributed by atoms with Crippen LogP contribution in [0.1, 0.15) is 12.2 Å². The van der Waals surface area contributed by atoms with E-state index in [0.717, 1.165) is 31.0 Å². The number of hydrogen-bond acceptors (Lipinski definition) is 4. The number of hydrogen-bond donors (Lipinski definition) is 2. The molecule has 2 heterocycles. The average Bonchev–Trinajstić information content (AvgIpc) is 3.26. The van der Waals surface area contributed by atoms with Gasteiger partial charge in [-0.25, -0.2) is 9.78 Å². The molecule has 0 radical (unpaired) electrons. The number of nitrogens with zero attached hydrogens (tertiary/aromatic N) is 3. The van der Waals surface area contributed by atoms with Crippen molar-refractivity contribution in [1.29, 1.82) is 0 Å². The van der Waals surface area contributed by atoms with Crippen molar-refractivity contribution in [2.24, 2.45) is 13.0 Å². The van der Waals surface area contributed by atoms with Gasteiger partial charge >= 0.3 is 12.4 Å². The first-order valence-electron chi connectivity index (χ1n) is 8.89. The standard InChI is InChI=1S/C18H22F3N5O2/c1-25-9-7-22-16(25)11-24-17(27)23-10-13-6-8-26(12-13)14-2-4-15(5-3-14)28-18(19,20)21/h2-5,7,9,13H,6,8,10-12H2,1H3,(H2,23,24,27)/t13-/m0/s1. The molecule has 152 valence electrons. The molecule has 3 rings (SSSR count). The highest BCUT2D eigenvalue weighted by Crippen LogP contribution is 2.28. The Labute approximate surface area is 160 Å². The van der Waals surface area contributed by atoms with Crippen molar-refractivity contribution in [3.05, 3.63) is 42.5 Å². The molecule has 7 nitrogen and oxygen atoms in total. The lowest BCUT2D eigenvalue weighted by Gasteiger charge is -2.19. The zero-order valence-electron chi connectivity index (χ0n) is 15.4. The maximum absolute atomic E-state index is 12.2. The van der Waals surface area contributed by atoms with Crippen LogP contribution in [0.5, 0.6) is 5.75 Å². The van der Waals surface area contributed by atoms with Crippen LogP contribution in [0.3, 0.4) is 0 Å². The molecule has 2 aromatic rings. The zero-order chi connectivity index (χ0) is 20.1. The van der Waals surface area contributed by atoms with Gasteiger partial charge in [-0.2, -0.15) is 0 Å². The van der Waals surface area contributed by atoms with Crippen molar-refractivity contribution >= 4 is 11.7 Å². The summed E-state index contributed by atoms with van der Waals surface area (Å²) in [5.41, 5.74) is 0.830. The van der Waals surface area contributed by atoms with Crippen molar-refractivity contribution in [3.8, 4) is 5.75 Å². The molecule has 28 heavy (non-hydrogen) atoms. The summed E-state index contributed by atoms with van der Waals surface area (Å²) >= 11 is 0. The van der Waals surface area contributed by atoms with Gasteiger partial charge in [0.15, 0.2) is 0 Å². The fraction of sp³-hybridized carbons (Fsp3) is 0.444. The first kappa shape index (κ1) is 19.8. The third-order valence-electron chi connectivity index (χ3n) is 4.60. The van der Waals surface area contributed by atoms with Crippen molar-refractivity contribution in [3.63, 3.8) is 0 Å². The Morgan fingerprint density at radius 2 is 2.04 bits per heavy atom. The molecule has 0 bridgehead atoms. The number of carbonyl (C=O) groups excluding carboxylic acids is 1. The second kappa shape index (κ2) is 8.41. The molecule has 1 saturated heterocycles. The number of anilines is 1. The molecular weight excluding hydrogens is 375 g/mol. The van der Waals surface area contributed by atoms with Crippen LogP contribution in [0.4, 0.5) is 23.7 Å². The van der Waals surface area contributed by atoms with Gasteiger partial charge in [-0.3, -0.25) is 0 Å². The molecule has 1 aliphatic heterocycles. The van der Waals surface area contributed by atoms with E-state index in [2.05, 4.69) is 25.3 Å². The van der Waals surface area contributed by atoms with E-state index in [0.29, 0.717) is 13.1 Å². The van der Waals surface area contributed by atoms with Gasteiger partial charge in [0, 0.05) is 44.8 Å². The fourth-order valence-corrected chi connectivity index (χ4v) is 3.12. The van der Waals surface area contributed by atoms with Gasteiger partial charge < -0.3 is 24.8 Å². The minimum Gasteiger partial charge on any atom is -0.406 e. The van der Waals surface area contributed by atoms with Crippen LogP contribution >= 0.6 is 0 Å². The van der Waals surface area contributed by atoms with Crippen LogP contribution in [0, 0.1) is 5.92 Å². The summed E-state index contributed by atoms with van der Waals surface area (Å²) in [6.45, 7) is 2.37. The summed E-state index contributed by atoms with van der Waals surface area (Å²) in [5, 5.41) is 5.62. The van der Waals surface area contributed by atoms with Crippen LogP contribution in [0.25, 0.3) is 0 Å². The summed E-state index contributed by atoms with van der Waals surface area (Å²) in [6, 6.07) is 5.57.